The molecule has 0 bridgehead atoms. The number of fused-ring (bicyclic) bond motifs is 3. The molecule has 0 N–H and O–H groups in total. The molecule has 35 heavy (non-hydrogen) atoms. The molecule has 0 fully saturated rings. The van der Waals surface area contributed by atoms with E-state index in [2.05, 4.69) is 17.1 Å². The van der Waals surface area contributed by atoms with Gasteiger partial charge in [0, 0.05) is 29.3 Å². The Labute approximate surface area is 202 Å². The average molecular weight is 469 g/mol. The van der Waals surface area contributed by atoms with Crippen LogP contribution in [0.25, 0.3) is 22.0 Å². The van der Waals surface area contributed by atoms with Gasteiger partial charge in [0.05, 0.1) is 25.6 Å². The maximum Gasteiger partial charge on any atom is 0.231 e. The monoisotopic (exact) mass is 468 g/mol. The molecule has 0 unspecified atom stereocenters. The lowest BCUT2D eigenvalue weighted by Crippen LogP contribution is -2.33. The molecule has 0 saturated carbocycles. The standard InChI is InChI=1S/C28H24N2O5/c1-32-26-14-20(21-12-19-4-2-3-5-23(19)29-15-21)13-22-16-30(8-9-33-28(22)26)27(31)11-18-6-7-24-25(10-18)35-17-34-24/h2-7,10,12-15H,8-9,11,16-17H2,1H3. The molecule has 7 nitrogen and oxygen atoms in total. The fourth-order valence-corrected chi connectivity index (χ4v) is 4.58. The molecule has 1 amide bonds. The molecule has 4 aromatic rings. The molecule has 0 radical (unpaired) electrons. The van der Waals surface area contributed by atoms with E-state index in [9.17, 15) is 4.79 Å². The van der Waals surface area contributed by atoms with Gasteiger partial charge in [-0.25, -0.2) is 0 Å². The van der Waals surface area contributed by atoms with Crippen LogP contribution in [0.2, 0.25) is 0 Å². The van der Waals surface area contributed by atoms with Gasteiger partial charge in [0.2, 0.25) is 12.7 Å². The zero-order chi connectivity index (χ0) is 23.8. The molecule has 0 aliphatic carbocycles. The van der Waals surface area contributed by atoms with E-state index in [1.54, 1.807) is 7.11 Å². The predicted octanol–water partition coefficient (Wildman–Crippen LogP) is 4.60. The number of amides is 1. The zero-order valence-electron chi connectivity index (χ0n) is 19.3. The molecule has 3 heterocycles. The minimum atomic E-state index is 0.0251. The van der Waals surface area contributed by atoms with Gasteiger partial charge in [-0.05, 0) is 47.5 Å². The van der Waals surface area contributed by atoms with E-state index in [1.165, 1.54) is 0 Å². The summed E-state index contributed by atoms with van der Waals surface area (Å²) in [5.41, 5.74) is 4.68. The molecule has 2 aliphatic rings. The Balaban J connectivity index is 1.29. The Hall–Kier alpha value is -4.26. The number of pyridine rings is 1. The summed E-state index contributed by atoms with van der Waals surface area (Å²) in [5.74, 6) is 2.75. The molecule has 1 aromatic heterocycles. The number of rotatable bonds is 4. The van der Waals surface area contributed by atoms with Crippen molar-refractivity contribution in [1.29, 1.82) is 0 Å². The Bertz CT molecular complexity index is 1430. The second-order valence-electron chi connectivity index (χ2n) is 8.61. The Morgan fingerprint density at radius 3 is 2.80 bits per heavy atom. The smallest absolute Gasteiger partial charge is 0.231 e. The van der Waals surface area contributed by atoms with E-state index in [0.29, 0.717) is 42.7 Å². The number of carbonyl (C=O) groups excluding carboxylic acids is 1. The molecule has 0 spiro atoms. The number of aromatic nitrogens is 1. The Morgan fingerprint density at radius 2 is 1.89 bits per heavy atom. The van der Waals surface area contributed by atoms with Gasteiger partial charge in [0.15, 0.2) is 23.0 Å². The molecule has 7 heteroatoms. The fraction of sp³-hybridized carbons (Fsp3) is 0.214. The molecule has 6 rings (SSSR count). The number of methoxy groups -OCH3 is 1. The third-order valence-electron chi connectivity index (χ3n) is 6.39. The average Bonchev–Trinajstić information content (AvgIpc) is 3.24. The summed E-state index contributed by atoms with van der Waals surface area (Å²) in [6, 6.07) is 19.8. The maximum atomic E-state index is 13.2. The number of carbonyl (C=O) groups is 1. The van der Waals surface area contributed by atoms with Crippen molar-refractivity contribution < 1.29 is 23.7 Å². The number of hydrogen-bond donors (Lipinski definition) is 0. The van der Waals surface area contributed by atoms with E-state index >= 15 is 0 Å². The molecular formula is C28H24N2O5. The van der Waals surface area contributed by atoms with E-state index in [-0.39, 0.29) is 19.1 Å². The second kappa shape index (κ2) is 8.83. The largest absolute Gasteiger partial charge is 0.493 e. The van der Waals surface area contributed by atoms with Crippen molar-refractivity contribution in [3.8, 4) is 34.1 Å². The van der Waals surface area contributed by atoms with E-state index < -0.39 is 0 Å². The van der Waals surface area contributed by atoms with Gasteiger partial charge >= 0.3 is 0 Å². The highest BCUT2D eigenvalue weighted by Gasteiger charge is 2.24. The highest BCUT2D eigenvalue weighted by atomic mass is 16.7. The normalized spacial score (nSPS) is 14.3. The van der Waals surface area contributed by atoms with Gasteiger partial charge in [-0.3, -0.25) is 9.78 Å². The van der Waals surface area contributed by atoms with Gasteiger partial charge in [-0.15, -0.1) is 0 Å². The summed E-state index contributed by atoms with van der Waals surface area (Å²) < 4.78 is 22.6. The van der Waals surface area contributed by atoms with E-state index in [1.807, 2.05) is 59.6 Å². The lowest BCUT2D eigenvalue weighted by Gasteiger charge is -2.20. The zero-order valence-corrected chi connectivity index (χ0v) is 19.3. The minimum absolute atomic E-state index is 0.0251. The summed E-state index contributed by atoms with van der Waals surface area (Å²) >= 11 is 0. The first kappa shape index (κ1) is 21.3. The lowest BCUT2D eigenvalue weighted by atomic mass is 10.0. The van der Waals surface area contributed by atoms with Crippen LogP contribution < -0.4 is 18.9 Å². The maximum absolute atomic E-state index is 13.2. The van der Waals surface area contributed by atoms with Crippen LogP contribution in [-0.2, 0) is 17.8 Å². The third kappa shape index (κ3) is 4.10. The quantitative estimate of drug-likeness (QED) is 0.436. The summed E-state index contributed by atoms with van der Waals surface area (Å²) in [7, 11) is 1.63. The number of nitrogens with zero attached hydrogens (tertiary/aromatic N) is 2. The van der Waals surface area contributed by atoms with Crippen molar-refractivity contribution >= 4 is 16.8 Å². The van der Waals surface area contributed by atoms with Gasteiger partial charge in [-0.2, -0.15) is 0 Å². The summed E-state index contributed by atoms with van der Waals surface area (Å²) in [6.07, 6.45) is 2.14. The third-order valence-corrected chi connectivity index (χ3v) is 6.39. The first-order chi connectivity index (χ1) is 17.2. The van der Waals surface area contributed by atoms with Crippen molar-refractivity contribution in [2.75, 3.05) is 27.1 Å². The molecule has 2 aliphatic heterocycles. The number of hydrogen-bond acceptors (Lipinski definition) is 6. The first-order valence-electron chi connectivity index (χ1n) is 11.5. The predicted molar refractivity (Wildman–Crippen MR) is 131 cm³/mol. The van der Waals surface area contributed by atoms with E-state index in [0.717, 1.165) is 33.2 Å². The van der Waals surface area contributed by atoms with Gasteiger partial charge in [0.25, 0.3) is 0 Å². The van der Waals surface area contributed by atoms with Crippen LogP contribution in [0.15, 0.2) is 66.9 Å². The van der Waals surface area contributed by atoms with Crippen LogP contribution in [0.3, 0.4) is 0 Å². The van der Waals surface area contributed by atoms with Crippen molar-refractivity contribution in [3.05, 3.63) is 78.0 Å². The van der Waals surface area contributed by atoms with Crippen molar-refractivity contribution in [3.63, 3.8) is 0 Å². The van der Waals surface area contributed by atoms with Crippen LogP contribution in [0.5, 0.6) is 23.0 Å². The topological polar surface area (TPSA) is 70.1 Å². The highest BCUT2D eigenvalue weighted by molar-refractivity contribution is 5.84. The van der Waals surface area contributed by atoms with E-state index in [4.69, 9.17) is 18.9 Å². The Kier molecular flexibility index (Phi) is 5.37. The number of ether oxygens (including phenoxy) is 4. The van der Waals surface area contributed by atoms with Crippen LogP contribution >= 0.6 is 0 Å². The lowest BCUT2D eigenvalue weighted by molar-refractivity contribution is -0.131. The molecule has 176 valence electrons. The molecule has 3 aromatic carbocycles. The van der Waals surface area contributed by atoms with Gasteiger partial charge in [0.1, 0.15) is 6.61 Å². The van der Waals surface area contributed by atoms with Crippen LogP contribution in [-0.4, -0.2) is 42.8 Å². The fourth-order valence-electron chi connectivity index (χ4n) is 4.58. The first-order valence-corrected chi connectivity index (χ1v) is 11.5. The van der Waals surface area contributed by atoms with Crippen LogP contribution in [0.1, 0.15) is 11.1 Å². The Morgan fingerprint density at radius 1 is 1.00 bits per heavy atom. The minimum Gasteiger partial charge on any atom is -0.493 e. The van der Waals surface area contributed by atoms with Crippen LogP contribution in [0.4, 0.5) is 0 Å². The van der Waals surface area contributed by atoms with Crippen molar-refractivity contribution in [2.45, 2.75) is 13.0 Å². The molecule has 0 saturated heterocycles. The summed E-state index contributed by atoms with van der Waals surface area (Å²) in [5, 5.41) is 1.07. The number of benzene rings is 3. The molecular weight excluding hydrogens is 444 g/mol. The SMILES string of the molecule is COc1cc(-c2cnc3ccccc3c2)cc2c1OCCN(C(=O)Cc1ccc3c(c1)OCO3)C2. The number of para-hydroxylation sites is 1. The molecule has 0 atom stereocenters. The summed E-state index contributed by atoms with van der Waals surface area (Å²) in [6.45, 7) is 1.54. The highest BCUT2D eigenvalue weighted by Crippen LogP contribution is 2.39. The second-order valence-corrected chi connectivity index (χ2v) is 8.61. The van der Waals surface area contributed by atoms with Gasteiger partial charge < -0.3 is 23.8 Å². The van der Waals surface area contributed by atoms with Crippen molar-refractivity contribution in [2.24, 2.45) is 0 Å². The van der Waals surface area contributed by atoms with Crippen LogP contribution in [0, 0.1) is 0 Å². The summed E-state index contributed by atoms with van der Waals surface area (Å²) in [4.78, 5) is 19.7. The van der Waals surface area contributed by atoms with Gasteiger partial charge in [-0.1, -0.05) is 24.3 Å². The van der Waals surface area contributed by atoms with Crippen molar-refractivity contribution in [1.82, 2.24) is 9.88 Å².